The summed E-state index contributed by atoms with van der Waals surface area (Å²) in [6, 6.07) is 7.20. The lowest BCUT2D eigenvalue weighted by Gasteiger charge is -2.30. The van der Waals surface area contributed by atoms with Crippen LogP contribution in [-0.2, 0) is 10.0 Å². The van der Waals surface area contributed by atoms with Gasteiger partial charge in [-0.2, -0.15) is 0 Å². The number of pyridine rings is 1. The highest BCUT2D eigenvalue weighted by Gasteiger charge is 2.28. The molecule has 0 amide bonds. The Morgan fingerprint density at radius 2 is 1.94 bits per heavy atom. The minimum absolute atomic E-state index is 0.0156. The van der Waals surface area contributed by atoms with Crippen LogP contribution in [0.1, 0.15) is 45.6 Å². The van der Waals surface area contributed by atoms with Crippen LogP contribution in [0.3, 0.4) is 0 Å². The van der Waals surface area contributed by atoms with Gasteiger partial charge in [0, 0.05) is 35.5 Å². The zero-order valence-electron chi connectivity index (χ0n) is 18.0. The van der Waals surface area contributed by atoms with Gasteiger partial charge in [0.05, 0.1) is 11.0 Å². The lowest BCUT2D eigenvalue weighted by molar-refractivity contribution is 0.232. The SMILES string of the molecule is CC(C)Oc1ccc(-c2ccc(S(=O)(=O)NC3CCCC(n4cnnc4)C3)cc2F)cn1. The van der Waals surface area contributed by atoms with E-state index in [4.69, 9.17) is 4.74 Å². The molecule has 0 spiro atoms. The molecule has 0 radical (unpaired) electrons. The van der Waals surface area contributed by atoms with E-state index in [-0.39, 0.29) is 28.6 Å². The van der Waals surface area contributed by atoms with Crippen molar-refractivity contribution in [2.24, 2.45) is 0 Å². The number of hydrogen-bond donors (Lipinski definition) is 1. The van der Waals surface area contributed by atoms with Crippen LogP contribution in [0.25, 0.3) is 11.1 Å². The first-order chi connectivity index (χ1) is 15.3. The van der Waals surface area contributed by atoms with Crippen LogP contribution in [0.5, 0.6) is 5.88 Å². The van der Waals surface area contributed by atoms with E-state index in [2.05, 4.69) is 19.9 Å². The molecule has 2 aromatic heterocycles. The van der Waals surface area contributed by atoms with E-state index in [0.29, 0.717) is 17.9 Å². The fourth-order valence-electron chi connectivity index (χ4n) is 3.97. The first kappa shape index (κ1) is 22.3. The highest BCUT2D eigenvalue weighted by atomic mass is 32.2. The van der Waals surface area contributed by atoms with Gasteiger partial charge in [0.15, 0.2) is 0 Å². The van der Waals surface area contributed by atoms with E-state index in [1.54, 1.807) is 24.8 Å². The molecule has 10 heteroatoms. The van der Waals surface area contributed by atoms with Gasteiger partial charge in [-0.05, 0) is 57.7 Å². The Hall–Kier alpha value is -2.85. The third-order valence-electron chi connectivity index (χ3n) is 5.48. The van der Waals surface area contributed by atoms with Crippen molar-refractivity contribution in [3.05, 3.63) is 55.0 Å². The zero-order chi connectivity index (χ0) is 22.7. The average Bonchev–Trinajstić information content (AvgIpc) is 3.29. The van der Waals surface area contributed by atoms with Gasteiger partial charge < -0.3 is 9.30 Å². The van der Waals surface area contributed by atoms with Crippen LogP contribution in [0.4, 0.5) is 4.39 Å². The van der Waals surface area contributed by atoms with Crippen molar-refractivity contribution < 1.29 is 17.5 Å². The smallest absolute Gasteiger partial charge is 0.240 e. The molecule has 2 unspecified atom stereocenters. The summed E-state index contributed by atoms with van der Waals surface area (Å²) in [5.41, 5.74) is 0.817. The maximum Gasteiger partial charge on any atom is 0.240 e. The molecule has 1 fully saturated rings. The molecule has 1 aliphatic rings. The standard InChI is InChI=1S/C22H26FN5O3S/c1-15(2)31-22-9-6-16(12-24-22)20-8-7-19(11-21(20)23)32(29,30)27-17-4-3-5-18(10-17)28-13-25-26-14-28/h6-9,11-15,17-18,27H,3-5,10H2,1-2H3. The Labute approximate surface area is 186 Å². The summed E-state index contributed by atoms with van der Waals surface area (Å²) < 4.78 is 50.8. The number of aromatic nitrogens is 4. The Morgan fingerprint density at radius 1 is 1.16 bits per heavy atom. The number of rotatable bonds is 7. The number of nitrogens with one attached hydrogen (secondary N) is 1. The number of benzene rings is 1. The highest BCUT2D eigenvalue weighted by Crippen LogP contribution is 2.30. The lowest BCUT2D eigenvalue weighted by atomic mass is 9.91. The maximum atomic E-state index is 14.8. The summed E-state index contributed by atoms with van der Waals surface area (Å²) >= 11 is 0. The van der Waals surface area contributed by atoms with Crippen molar-refractivity contribution in [3.8, 4) is 17.0 Å². The topological polar surface area (TPSA) is 99.0 Å². The third-order valence-corrected chi connectivity index (χ3v) is 7.00. The Balaban J connectivity index is 1.48. The van der Waals surface area contributed by atoms with Crippen molar-refractivity contribution in [1.29, 1.82) is 0 Å². The molecule has 0 saturated heterocycles. The third kappa shape index (κ3) is 5.13. The maximum absolute atomic E-state index is 14.8. The summed E-state index contributed by atoms with van der Waals surface area (Å²) in [5, 5.41) is 7.65. The molecule has 2 heterocycles. The van der Waals surface area contributed by atoms with Crippen LogP contribution < -0.4 is 9.46 Å². The van der Waals surface area contributed by atoms with Gasteiger partial charge >= 0.3 is 0 Å². The van der Waals surface area contributed by atoms with Crippen molar-refractivity contribution in [1.82, 2.24) is 24.5 Å². The number of hydrogen-bond acceptors (Lipinski definition) is 6. The Morgan fingerprint density at radius 3 is 2.59 bits per heavy atom. The zero-order valence-corrected chi connectivity index (χ0v) is 18.8. The summed E-state index contributed by atoms with van der Waals surface area (Å²) in [6.07, 6.45) is 7.97. The molecule has 1 aliphatic carbocycles. The second kappa shape index (κ2) is 9.33. The fourth-order valence-corrected chi connectivity index (χ4v) is 5.27. The number of nitrogens with zero attached hydrogens (tertiary/aromatic N) is 4. The monoisotopic (exact) mass is 459 g/mol. The summed E-state index contributed by atoms with van der Waals surface area (Å²) in [4.78, 5) is 4.08. The van der Waals surface area contributed by atoms with Gasteiger partial charge in [0.2, 0.25) is 15.9 Å². The van der Waals surface area contributed by atoms with E-state index < -0.39 is 15.8 Å². The molecule has 170 valence electrons. The summed E-state index contributed by atoms with van der Waals surface area (Å²) in [7, 11) is -3.86. The molecule has 1 aromatic carbocycles. The van der Waals surface area contributed by atoms with Gasteiger partial charge in [-0.1, -0.05) is 6.07 Å². The first-order valence-corrected chi connectivity index (χ1v) is 12.1. The molecule has 0 aliphatic heterocycles. The molecule has 8 nitrogen and oxygen atoms in total. The fraction of sp³-hybridized carbons (Fsp3) is 0.409. The largest absolute Gasteiger partial charge is 0.475 e. The number of halogens is 1. The van der Waals surface area contributed by atoms with Gasteiger partial charge in [0.25, 0.3) is 0 Å². The summed E-state index contributed by atoms with van der Waals surface area (Å²) in [6.45, 7) is 3.79. The average molecular weight is 460 g/mol. The molecular formula is C22H26FN5O3S. The van der Waals surface area contributed by atoms with Crippen LogP contribution in [0.15, 0.2) is 54.1 Å². The Kier molecular flexibility index (Phi) is 6.52. The van der Waals surface area contributed by atoms with Crippen LogP contribution in [0, 0.1) is 5.82 Å². The predicted molar refractivity (Wildman–Crippen MR) is 117 cm³/mol. The Bertz CT molecular complexity index is 1150. The molecule has 1 saturated carbocycles. The number of sulfonamides is 1. The minimum Gasteiger partial charge on any atom is -0.475 e. The van der Waals surface area contributed by atoms with E-state index in [1.807, 2.05) is 18.4 Å². The second-order valence-corrected chi connectivity index (χ2v) is 9.96. The lowest BCUT2D eigenvalue weighted by Crippen LogP contribution is -2.38. The molecule has 0 bridgehead atoms. The van der Waals surface area contributed by atoms with Crippen LogP contribution in [0.2, 0.25) is 0 Å². The van der Waals surface area contributed by atoms with Gasteiger partial charge in [-0.3, -0.25) is 0 Å². The second-order valence-electron chi connectivity index (χ2n) is 8.24. The predicted octanol–water partition coefficient (Wildman–Crippen LogP) is 3.73. The number of ether oxygens (including phenoxy) is 1. The van der Waals surface area contributed by atoms with Crippen molar-refractivity contribution in [2.75, 3.05) is 0 Å². The van der Waals surface area contributed by atoms with Crippen molar-refractivity contribution >= 4 is 10.0 Å². The molecule has 2 atom stereocenters. The normalized spacial score (nSPS) is 19.2. The van der Waals surface area contributed by atoms with Crippen molar-refractivity contribution in [3.63, 3.8) is 0 Å². The minimum atomic E-state index is -3.86. The van der Waals surface area contributed by atoms with Crippen LogP contribution in [-0.4, -0.2) is 40.3 Å². The van der Waals surface area contributed by atoms with Gasteiger partial charge in [0.1, 0.15) is 18.5 Å². The van der Waals surface area contributed by atoms with E-state index in [9.17, 15) is 12.8 Å². The molecule has 1 N–H and O–H groups in total. The van der Waals surface area contributed by atoms with Crippen molar-refractivity contribution in [2.45, 2.75) is 62.6 Å². The quantitative estimate of drug-likeness (QED) is 0.578. The highest BCUT2D eigenvalue weighted by molar-refractivity contribution is 7.89. The molecular weight excluding hydrogens is 433 g/mol. The van der Waals surface area contributed by atoms with Gasteiger partial charge in [-0.15, -0.1) is 10.2 Å². The van der Waals surface area contributed by atoms with E-state index in [1.165, 1.54) is 18.3 Å². The first-order valence-electron chi connectivity index (χ1n) is 10.6. The van der Waals surface area contributed by atoms with Crippen LogP contribution >= 0.6 is 0 Å². The van der Waals surface area contributed by atoms with E-state index >= 15 is 0 Å². The molecule has 4 rings (SSSR count). The molecule has 32 heavy (non-hydrogen) atoms. The summed E-state index contributed by atoms with van der Waals surface area (Å²) in [5.74, 6) is -0.178. The van der Waals surface area contributed by atoms with Gasteiger partial charge in [-0.25, -0.2) is 22.5 Å². The molecule has 3 aromatic rings. The van der Waals surface area contributed by atoms with E-state index in [0.717, 1.165) is 25.3 Å².